The van der Waals surface area contributed by atoms with Crippen molar-refractivity contribution in [2.75, 3.05) is 53.0 Å². The smallest absolute Gasteiger partial charge is 0.191 e. The third-order valence-electron chi connectivity index (χ3n) is 3.75. The van der Waals surface area contributed by atoms with Crippen LogP contribution < -0.4 is 10.6 Å². The Morgan fingerprint density at radius 3 is 2.57 bits per heavy atom. The van der Waals surface area contributed by atoms with E-state index in [1.54, 1.807) is 11.3 Å². The minimum atomic E-state index is 0. The molecule has 0 unspecified atom stereocenters. The number of hydrogen-bond acceptors (Lipinski definition) is 5. The van der Waals surface area contributed by atoms with E-state index in [4.69, 9.17) is 4.74 Å². The number of aliphatic imine (C=N–C) groups is 1. The van der Waals surface area contributed by atoms with Crippen molar-refractivity contribution in [3.63, 3.8) is 0 Å². The molecular weight excluding hydrogens is 425 g/mol. The van der Waals surface area contributed by atoms with Gasteiger partial charge in [0, 0.05) is 51.1 Å². The lowest BCUT2D eigenvalue weighted by Crippen LogP contribution is -2.44. The maximum Gasteiger partial charge on any atom is 0.191 e. The van der Waals surface area contributed by atoms with Crippen molar-refractivity contribution >= 4 is 41.3 Å². The largest absolute Gasteiger partial charge is 0.379 e. The molecule has 0 atom stereocenters. The van der Waals surface area contributed by atoms with Crippen LogP contribution in [0.5, 0.6) is 0 Å². The van der Waals surface area contributed by atoms with Gasteiger partial charge in [0.1, 0.15) is 0 Å². The van der Waals surface area contributed by atoms with Crippen LogP contribution in [0.25, 0.3) is 0 Å². The Kier molecular flexibility index (Phi) is 10.00. The Bertz CT molecular complexity index is 469. The summed E-state index contributed by atoms with van der Waals surface area (Å²) in [6.07, 6.45) is 0.934. The predicted octanol–water partition coefficient (Wildman–Crippen LogP) is 1.42. The highest BCUT2D eigenvalue weighted by Crippen LogP contribution is 2.16. The van der Waals surface area contributed by atoms with Crippen molar-refractivity contribution in [3.8, 4) is 0 Å². The van der Waals surface area contributed by atoms with Gasteiger partial charge in [-0.15, -0.1) is 35.3 Å². The fourth-order valence-corrected chi connectivity index (χ4v) is 3.25. The lowest BCUT2D eigenvalue weighted by atomic mass is 10.4. The van der Waals surface area contributed by atoms with Gasteiger partial charge in [-0.1, -0.05) is 0 Å². The minimum absolute atomic E-state index is 0. The van der Waals surface area contributed by atoms with Gasteiger partial charge in [0.15, 0.2) is 5.96 Å². The number of nitrogens with one attached hydrogen (secondary N) is 2. The highest BCUT2D eigenvalue weighted by atomic mass is 127. The number of guanidine groups is 1. The number of thiazole rings is 1. The van der Waals surface area contributed by atoms with Crippen molar-refractivity contribution in [2.24, 2.45) is 4.99 Å². The molecule has 1 aromatic rings. The van der Waals surface area contributed by atoms with Crippen LogP contribution in [0.3, 0.4) is 0 Å². The van der Waals surface area contributed by atoms with Crippen molar-refractivity contribution in [3.05, 3.63) is 15.6 Å². The summed E-state index contributed by atoms with van der Waals surface area (Å²) in [7, 11) is 1.81. The lowest BCUT2D eigenvalue weighted by molar-refractivity contribution is 0.0389. The monoisotopic (exact) mass is 453 g/mol. The van der Waals surface area contributed by atoms with Crippen LogP contribution in [0.15, 0.2) is 4.99 Å². The molecule has 0 bridgehead atoms. The topological polar surface area (TPSA) is 61.8 Å². The number of rotatable bonds is 6. The quantitative estimate of drug-likeness (QED) is 0.388. The second-order valence-corrected chi connectivity index (χ2v) is 6.67. The molecule has 0 saturated carbocycles. The molecule has 23 heavy (non-hydrogen) atoms. The van der Waals surface area contributed by atoms with Crippen LogP contribution in [-0.2, 0) is 11.2 Å². The molecule has 1 aliphatic heterocycles. The van der Waals surface area contributed by atoms with E-state index in [0.29, 0.717) is 0 Å². The summed E-state index contributed by atoms with van der Waals surface area (Å²) in [4.78, 5) is 12.5. The van der Waals surface area contributed by atoms with Crippen LogP contribution >= 0.6 is 35.3 Å². The Morgan fingerprint density at radius 1 is 1.26 bits per heavy atom. The van der Waals surface area contributed by atoms with Gasteiger partial charge in [0.25, 0.3) is 0 Å². The Morgan fingerprint density at radius 2 is 1.96 bits per heavy atom. The maximum absolute atomic E-state index is 5.35. The first kappa shape index (κ1) is 20.6. The molecule has 2 N–H and O–H groups in total. The van der Waals surface area contributed by atoms with Gasteiger partial charge >= 0.3 is 0 Å². The second-order valence-electron chi connectivity index (χ2n) is 5.38. The molecule has 6 nitrogen and oxygen atoms in total. The SMILES string of the molecule is CN=C(NCCc1nc(C)c(C)s1)NCCN1CCOCC1.I. The van der Waals surface area contributed by atoms with Crippen molar-refractivity contribution < 1.29 is 4.74 Å². The molecule has 0 spiro atoms. The summed E-state index contributed by atoms with van der Waals surface area (Å²) in [6, 6.07) is 0. The van der Waals surface area contributed by atoms with E-state index >= 15 is 0 Å². The molecule has 1 fully saturated rings. The number of morpholine rings is 1. The fourth-order valence-electron chi connectivity index (χ4n) is 2.31. The van der Waals surface area contributed by atoms with E-state index < -0.39 is 0 Å². The minimum Gasteiger partial charge on any atom is -0.379 e. The molecule has 0 radical (unpaired) electrons. The molecule has 0 amide bonds. The highest BCUT2D eigenvalue weighted by Gasteiger charge is 2.09. The highest BCUT2D eigenvalue weighted by molar-refractivity contribution is 14.0. The maximum atomic E-state index is 5.35. The average Bonchev–Trinajstić information content (AvgIpc) is 2.85. The van der Waals surface area contributed by atoms with E-state index in [1.807, 2.05) is 7.05 Å². The first-order valence-electron chi connectivity index (χ1n) is 7.86. The number of halogens is 1. The normalized spacial score (nSPS) is 16.0. The number of ether oxygens (including phenoxy) is 1. The molecule has 8 heteroatoms. The van der Waals surface area contributed by atoms with Gasteiger partial charge in [-0.25, -0.2) is 4.98 Å². The van der Waals surface area contributed by atoms with E-state index in [9.17, 15) is 0 Å². The summed E-state index contributed by atoms with van der Waals surface area (Å²) < 4.78 is 5.35. The van der Waals surface area contributed by atoms with E-state index in [2.05, 4.69) is 39.4 Å². The fraction of sp³-hybridized carbons (Fsp3) is 0.733. The van der Waals surface area contributed by atoms with E-state index in [0.717, 1.165) is 64.0 Å². The zero-order valence-electron chi connectivity index (χ0n) is 14.2. The van der Waals surface area contributed by atoms with Gasteiger partial charge in [-0.3, -0.25) is 9.89 Å². The molecule has 132 valence electrons. The van der Waals surface area contributed by atoms with Crippen molar-refractivity contribution in [1.82, 2.24) is 20.5 Å². The molecule has 2 rings (SSSR count). The predicted molar refractivity (Wildman–Crippen MR) is 107 cm³/mol. The summed E-state index contributed by atoms with van der Waals surface area (Å²) in [6.45, 7) is 10.7. The second kappa shape index (κ2) is 11.2. The van der Waals surface area contributed by atoms with Crippen molar-refractivity contribution in [1.29, 1.82) is 0 Å². The Hall–Kier alpha value is -0.450. The first-order valence-corrected chi connectivity index (χ1v) is 8.68. The molecular formula is C15H28IN5OS. The van der Waals surface area contributed by atoms with E-state index in [1.165, 1.54) is 9.88 Å². The third kappa shape index (κ3) is 7.32. The summed E-state index contributed by atoms with van der Waals surface area (Å²) >= 11 is 1.78. The van der Waals surface area contributed by atoms with Crippen LogP contribution in [0.4, 0.5) is 0 Å². The molecule has 0 aliphatic carbocycles. The van der Waals surface area contributed by atoms with Gasteiger partial charge in [0.05, 0.1) is 23.9 Å². The molecule has 2 heterocycles. The summed E-state index contributed by atoms with van der Waals surface area (Å²) in [5.41, 5.74) is 1.15. The van der Waals surface area contributed by atoms with Gasteiger partial charge in [-0.2, -0.15) is 0 Å². The lowest BCUT2D eigenvalue weighted by Gasteiger charge is -2.26. The van der Waals surface area contributed by atoms with Crippen LogP contribution in [-0.4, -0.2) is 68.8 Å². The average molecular weight is 453 g/mol. The number of hydrogen-bond donors (Lipinski definition) is 2. The van der Waals surface area contributed by atoms with Crippen LogP contribution in [0.2, 0.25) is 0 Å². The standard InChI is InChI=1S/C15H27N5OS.HI/c1-12-13(2)22-14(19-12)4-5-17-15(16-3)18-6-7-20-8-10-21-11-9-20;/h4-11H2,1-3H3,(H2,16,17,18);1H. The van der Waals surface area contributed by atoms with E-state index in [-0.39, 0.29) is 24.0 Å². The van der Waals surface area contributed by atoms with Crippen molar-refractivity contribution in [2.45, 2.75) is 20.3 Å². The number of aryl methyl sites for hydroxylation is 2. The Balaban J connectivity index is 0.00000264. The molecule has 0 aromatic carbocycles. The third-order valence-corrected chi connectivity index (χ3v) is 4.88. The first-order chi connectivity index (χ1) is 10.7. The summed E-state index contributed by atoms with van der Waals surface area (Å²) in [5, 5.41) is 7.89. The zero-order valence-corrected chi connectivity index (χ0v) is 17.4. The van der Waals surface area contributed by atoms with Gasteiger partial charge in [0.2, 0.25) is 0 Å². The molecule has 1 aliphatic rings. The van der Waals surface area contributed by atoms with Gasteiger partial charge < -0.3 is 15.4 Å². The summed E-state index contributed by atoms with van der Waals surface area (Å²) in [5.74, 6) is 0.859. The van der Waals surface area contributed by atoms with Crippen LogP contribution in [0, 0.1) is 13.8 Å². The number of nitrogens with zero attached hydrogens (tertiary/aromatic N) is 3. The zero-order chi connectivity index (χ0) is 15.8. The number of aromatic nitrogens is 1. The molecule has 1 aromatic heterocycles. The van der Waals surface area contributed by atoms with Crippen LogP contribution in [0.1, 0.15) is 15.6 Å². The van der Waals surface area contributed by atoms with Gasteiger partial charge in [-0.05, 0) is 13.8 Å². The Labute approximate surface area is 160 Å². The molecule has 1 saturated heterocycles.